The fourth-order valence-corrected chi connectivity index (χ4v) is 7.72. The Morgan fingerprint density at radius 1 is 1.11 bits per heavy atom. The average Bonchev–Trinajstić information content (AvgIpc) is 3.66. The number of esters is 2. The van der Waals surface area contributed by atoms with E-state index in [2.05, 4.69) is 20.0 Å². The number of anilines is 1. The number of nitrogens with two attached hydrogens (primary N) is 1. The number of nitrogens with zero attached hydrogens (tertiary/aromatic N) is 4. The van der Waals surface area contributed by atoms with Gasteiger partial charge in [-0.3, -0.25) is 18.7 Å². The van der Waals surface area contributed by atoms with Crippen LogP contribution in [-0.4, -0.2) is 106 Å². The van der Waals surface area contributed by atoms with Gasteiger partial charge in [-0.2, -0.15) is 15.1 Å². The zero-order chi connectivity index (χ0) is 38.1. The second kappa shape index (κ2) is 15.5. The molecule has 7 atom stereocenters. The summed E-state index contributed by atoms with van der Waals surface area (Å²) in [5, 5.41) is 26.8. The molecule has 53 heavy (non-hydrogen) atoms. The number of aromatic nitrogens is 4. The predicted octanol–water partition coefficient (Wildman–Crippen LogP) is 2.76. The van der Waals surface area contributed by atoms with Crippen LogP contribution in [0.1, 0.15) is 51.3 Å². The molecule has 5 N–H and O–H groups in total. The van der Waals surface area contributed by atoms with Crippen molar-refractivity contribution in [2.24, 2.45) is 0 Å². The van der Waals surface area contributed by atoms with Crippen LogP contribution in [0.4, 0.5) is 5.95 Å². The van der Waals surface area contributed by atoms with E-state index >= 15 is 0 Å². The molecule has 19 heteroatoms. The summed E-state index contributed by atoms with van der Waals surface area (Å²) < 4.78 is 54.9. The summed E-state index contributed by atoms with van der Waals surface area (Å²) in [7, 11) is -1.75. The Kier molecular flexibility index (Phi) is 11.2. The monoisotopic (exact) mass is 758 g/mol. The molecule has 0 spiro atoms. The number of aliphatic hydroxyl groups excluding tert-OH is 1. The van der Waals surface area contributed by atoms with Gasteiger partial charge in [0.2, 0.25) is 11.8 Å². The zero-order valence-electron chi connectivity index (χ0n) is 29.8. The van der Waals surface area contributed by atoms with Gasteiger partial charge in [0.15, 0.2) is 17.4 Å². The highest BCUT2D eigenvalue weighted by molar-refractivity contribution is 7.52. The molecule has 2 aromatic carbocycles. The molecule has 4 heterocycles. The second-order valence-electron chi connectivity index (χ2n) is 13.1. The van der Waals surface area contributed by atoms with E-state index in [9.17, 15) is 24.4 Å². The van der Waals surface area contributed by atoms with E-state index in [4.69, 9.17) is 38.5 Å². The largest absolute Gasteiger partial charge is 0.479 e. The standard InChI is InChI=1S/C34H43N6O12P/c1-18(30(42)47-5)20-6-7-22-15-24(9-8-21(22)14-20)52-53(45,39-19(2)31(43)50-23-10-12-48-13-11-23)49-16-25-27(41)34(3,44)32(51-25)40-17-36-26-28(40)37-33(35)38-29(26)46-4/h6-9,14-15,17-19,23,25,27,32,41,44H,10-13,16H2,1-5H3,(H,39,45)(H2,35,37,38)/t18?,19-,25+,27+,32?,34+,53?/m0/s1. The normalized spacial score (nSPS) is 24.4. The number of ether oxygens (including phenoxy) is 5. The van der Waals surface area contributed by atoms with Crippen molar-refractivity contribution in [2.45, 2.75) is 75.7 Å². The number of benzene rings is 2. The van der Waals surface area contributed by atoms with Crippen LogP contribution in [0, 0.1) is 0 Å². The number of carbonyl (C=O) groups is 2. The number of nitrogens with one attached hydrogen (secondary N) is 1. The van der Waals surface area contributed by atoms with Crippen molar-refractivity contribution in [2.75, 3.05) is 39.8 Å². The second-order valence-corrected chi connectivity index (χ2v) is 14.8. The maximum absolute atomic E-state index is 14.5. The number of rotatable bonds is 13. The Hall–Kier alpha value is -4.42. The third-order valence-electron chi connectivity index (χ3n) is 9.29. The van der Waals surface area contributed by atoms with Crippen LogP contribution >= 0.6 is 7.75 Å². The highest BCUT2D eigenvalue weighted by Crippen LogP contribution is 2.48. The molecular formula is C34H43N6O12P. The van der Waals surface area contributed by atoms with Crippen molar-refractivity contribution in [3.8, 4) is 11.6 Å². The van der Waals surface area contributed by atoms with Crippen molar-refractivity contribution in [1.82, 2.24) is 24.6 Å². The molecule has 2 aliphatic rings. The zero-order valence-corrected chi connectivity index (χ0v) is 30.7. The van der Waals surface area contributed by atoms with Crippen LogP contribution in [0.15, 0.2) is 42.7 Å². The lowest BCUT2D eigenvalue weighted by Gasteiger charge is -2.28. The first-order valence-electron chi connectivity index (χ1n) is 16.9. The number of hydrogen-bond donors (Lipinski definition) is 4. The van der Waals surface area contributed by atoms with E-state index in [0.717, 1.165) is 10.9 Å². The molecule has 2 aliphatic heterocycles. The summed E-state index contributed by atoms with van der Waals surface area (Å²) in [5.41, 5.74) is 5.08. The summed E-state index contributed by atoms with van der Waals surface area (Å²) in [6.07, 6.45) is -2.08. The Balaban J connectivity index is 1.24. The smallest absolute Gasteiger partial charge is 0.459 e. The van der Waals surface area contributed by atoms with Crippen molar-refractivity contribution in [3.05, 3.63) is 48.3 Å². The first-order chi connectivity index (χ1) is 25.2. The molecule has 18 nitrogen and oxygen atoms in total. The van der Waals surface area contributed by atoms with Gasteiger partial charge in [0.05, 0.1) is 46.3 Å². The van der Waals surface area contributed by atoms with Gasteiger partial charge in [0, 0.05) is 12.8 Å². The van der Waals surface area contributed by atoms with Crippen LogP contribution < -0.4 is 20.1 Å². The minimum Gasteiger partial charge on any atom is -0.479 e. The number of carbonyl (C=O) groups excluding carboxylic acids is 2. The fraction of sp³-hybridized carbons (Fsp3) is 0.500. The Morgan fingerprint density at radius 2 is 1.83 bits per heavy atom. The minimum atomic E-state index is -4.46. The lowest BCUT2D eigenvalue weighted by atomic mass is 9.96. The van der Waals surface area contributed by atoms with Crippen LogP contribution in [0.3, 0.4) is 0 Å². The third-order valence-corrected chi connectivity index (χ3v) is 10.9. The molecule has 6 rings (SSSR count). The molecule has 2 saturated heterocycles. The number of hydrogen-bond acceptors (Lipinski definition) is 16. The Labute approximate surface area is 304 Å². The van der Waals surface area contributed by atoms with Gasteiger partial charge in [-0.1, -0.05) is 24.3 Å². The van der Waals surface area contributed by atoms with E-state index in [0.29, 0.717) is 31.4 Å². The molecule has 4 aromatic rings. The molecular weight excluding hydrogens is 715 g/mol. The van der Waals surface area contributed by atoms with E-state index in [1.165, 1.54) is 39.0 Å². The molecule has 0 aliphatic carbocycles. The van der Waals surface area contributed by atoms with E-state index in [-0.39, 0.29) is 40.8 Å². The topological polar surface area (TPSA) is 238 Å². The summed E-state index contributed by atoms with van der Waals surface area (Å²) in [4.78, 5) is 37.7. The third kappa shape index (κ3) is 8.08. The lowest BCUT2D eigenvalue weighted by Crippen LogP contribution is -2.44. The molecule has 3 unspecified atom stereocenters. The molecule has 0 radical (unpaired) electrons. The quantitative estimate of drug-likeness (QED) is 0.113. The lowest BCUT2D eigenvalue weighted by molar-refractivity contribution is -0.154. The number of fused-ring (bicyclic) bond motifs is 2. The molecule has 2 aromatic heterocycles. The van der Waals surface area contributed by atoms with Crippen LogP contribution in [0.2, 0.25) is 0 Å². The first-order valence-corrected chi connectivity index (χ1v) is 18.5. The van der Waals surface area contributed by atoms with Gasteiger partial charge in [-0.15, -0.1) is 0 Å². The molecule has 0 amide bonds. The Bertz CT molecular complexity index is 2020. The molecule has 0 saturated carbocycles. The maximum atomic E-state index is 14.5. The maximum Gasteiger partial charge on any atom is 0.459 e. The highest BCUT2D eigenvalue weighted by atomic mass is 31.2. The van der Waals surface area contributed by atoms with Gasteiger partial charge in [0.25, 0.3) is 0 Å². The van der Waals surface area contributed by atoms with Crippen molar-refractivity contribution in [1.29, 1.82) is 0 Å². The van der Waals surface area contributed by atoms with Crippen molar-refractivity contribution in [3.63, 3.8) is 0 Å². The summed E-state index contributed by atoms with van der Waals surface area (Å²) in [6, 6.07) is 9.14. The van der Waals surface area contributed by atoms with Gasteiger partial charge in [0.1, 0.15) is 35.7 Å². The van der Waals surface area contributed by atoms with Crippen LogP contribution in [-0.2, 0) is 37.6 Å². The summed E-state index contributed by atoms with van der Waals surface area (Å²) in [5.74, 6) is -1.44. The average molecular weight is 759 g/mol. The number of methoxy groups -OCH3 is 2. The minimum absolute atomic E-state index is 0.0998. The van der Waals surface area contributed by atoms with Crippen molar-refractivity contribution >= 4 is 47.6 Å². The fourth-order valence-electron chi connectivity index (χ4n) is 6.23. The molecule has 2 fully saturated rings. The van der Waals surface area contributed by atoms with Gasteiger partial charge < -0.3 is 44.2 Å². The number of nitrogen functional groups attached to an aromatic ring is 1. The van der Waals surface area contributed by atoms with Gasteiger partial charge in [-0.25, -0.2) is 9.55 Å². The van der Waals surface area contributed by atoms with E-state index < -0.39 is 56.3 Å². The number of imidazole rings is 1. The first kappa shape index (κ1) is 38.3. The predicted molar refractivity (Wildman–Crippen MR) is 188 cm³/mol. The van der Waals surface area contributed by atoms with E-state index in [1.807, 2.05) is 6.07 Å². The molecule has 0 bridgehead atoms. The summed E-state index contributed by atoms with van der Waals surface area (Å²) >= 11 is 0. The highest BCUT2D eigenvalue weighted by Gasteiger charge is 2.54. The van der Waals surface area contributed by atoms with Gasteiger partial charge >= 0.3 is 19.7 Å². The molecule has 286 valence electrons. The van der Waals surface area contributed by atoms with Crippen LogP contribution in [0.5, 0.6) is 11.6 Å². The van der Waals surface area contributed by atoms with E-state index in [1.54, 1.807) is 37.3 Å². The Morgan fingerprint density at radius 3 is 2.55 bits per heavy atom. The number of aliphatic hydroxyl groups is 2. The summed E-state index contributed by atoms with van der Waals surface area (Å²) in [6.45, 7) is 4.89. The van der Waals surface area contributed by atoms with Crippen LogP contribution in [0.25, 0.3) is 21.9 Å². The van der Waals surface area contributed by atoms with Gasteiger partial charge in [-0.05, 0) is 49.2 Å². The SMILES string of the molecule is COC(=O)C(C)c1ccc2cc(OP(=O)(N[C@@H](C)C(=O)OC3CCOCC3)OC[C@H]3OC(n4cnc5c(OC)nc(N)nc54)[C@](C)(O)[C@@H]3O)ccc2c1. The van der Waals surface area contributed by atoms with Crippen molar-refractivity contribution < 1.29 is 57.1 Å².